The summed E-state index contributed by atoms with van der Waals surface area (Å²) >= 11 is 6.30. The molecule has 18 heavy (non-hydrogen) atoms. The molecule has 0 fully saturated rings. The van der Waals surface area contributed by atoms with Gasteiger partial charge in [-0.3, -0.25) is 0 Å². The zero-order valence-corrected chi connectivity index (χ0v) is 13.0. The first kappa shape index (κ1) is 15.3. The largest absolute Gasteiger partial charge is 0.383 e. The molecule has 0 aliphatic carbocycles. The van der Waals surface area contributed by atoms with Crippen LogP contribution >= 0.6 is 11.6 Å². The predicted octanol–water partition coefficient (Wildman–Crippen LogP) is 4.02. The van der Waals surface area contributed by atoms with Crippen molar-refractivity contribution >= 4 is 17.3 Å². The first-order chi connectivity index (χ1) is 8.51. The van der Waals surface area contributed by atoms with Gasteiger partial charge in [0.1, 0.15) is 0 Å². The number of hydrogen-bond donors (Lipinski definition) is 1. The first-order valence-corrected chi connectivity index (χ1v) is 7.11. The zero-order chi connectivity index (χ0) is 13.7. The Morgan fingerprint density at radius 3 is 2.28 bits per heavy atom. The van der Waals surface area contributed by atoms with Crippen LogP contribution in [0.1, 0.15) is 30.5 Å². The fraction of sp³-hybridized carbons (Fsp3) is 0.600. The van der Waals surface area contributed by atoms with E-state index in [1.165, 1.54) is 11.3 Å². The van der Waals surface area contributed by atoms with Crippen molar-refractivity contribution < 1.29 is 0 Å². The van der Waals surface area contributed by atoms with Crippen molar-refractivity contribution in [3.63, 3.8) is 0 Å². The van der Waals surface area contributed by atoms with Gasteiger partial charge in [0.15, 0.2) is 0 Å². The Labute approximate surface area is 116 Å². The highest BCUT2D eigenvalue weighted by Gasteiger charge is 2.09. The van der Waals surface area contributed by atoms with Gasteiger partial charge in [0.05, 0.1) is 0 Å². The van der Waals surface area contributed by atoms with Crippen molar-refractivity contribution in [3.8, 4) is 0 Å². The van der Waals surface area contributed by atoms with Crippen LogP contribution in [0.3, 0.4) is 0 Å². The Hall–Kier alpha value is -0.730. The van der Waals surface area contributed by atoms with Gasteiger partial charge in [0, 0.05) is 23.8 Å². The van der Waals surface area contributed by atoms with Gasteiger partial charge in [-0.15, -0.1) is 0 Å². The molecule has 1 N–H and O–H groups in total. The van der Waals surface area contributed by atoms with E-state index in [4.69, 9.17) is 11.6 Å². The summed E-state index contributed by atoms with van der Waals surface area (Å²) in [6.07, 6.45) is 0. The van der Waals surface area contributed by atoms with Crippen molar-refractivity contribution in [1.82, 2.24) is 4.90 Å². The molecule has 0 bridgehead atoms. The molecule has 0 aromatic heterocycles. The summed E-state index contributed by atoms with van der Waals surface area (Å²) in [6, 6.07) is 2.15. The zero-order valence-electron chi connectivity index (χ0n) is 12.2. The van der Waals surface area contributed by atoms with Crippen molar-refractivity contribution in [2.45, 2.75) is 34.6 Å². The van der Waals surface area contributed by atoms with Crippen molar-refractivity contribution in [2.75, 3.05) is 31.5 Å². The molecule has 1 rings (SSSR count). The van der Waals surface area contributed by atoms with Gasteiger partial charge in [0.25, 0.3) is 0 Å². The maximum atomic E-state index is 6.30. The van der Waals surface area contributed by atoms with E-state index < -0.39 is 0 Å². The highest BCUT2D eigenvalue weighted by molar-refractivity contribution is 6.32. The van der Waals surface area contributed by atoms with E-state index in [0.29, 0.717) is 0 Å². The lowest BCUT2D eigenvalue weighted by atomic mass is 10.0. The highest BCUT2D eigenvalue weighted by Crippen LogP contribution is 2.30. The molecule has 0 aliphatic heterocycles. The van der Waals surface area contributed by atoms with Crippen molar-refractivity contribution in [1.29, 1.82) is 0 Å². The summed E-state index contributed by atoms with van der Waals surface area (Å²) in [5.41, 5.74) is 4.78. The second-order valence-corrected chi connectivity index (χ2v) is 5.16. The van der Waals surface area contributed by atoms with Gasteiger partial charge in [-0.1, -0.05) is 31.5 Å². The number of anilines is 1. The number of likely N-dealkylation sites (N-methyl/N-ethyl adjacent to an activating group) is 1. The fourth-order valence-electron chi connectivity index (χ4n) is 2.31. The monoisotopic (exact) mass is 268 g/mol. The number of aryl methyl sites for hydroxylation is 2. The lowest BCUT2D eigenvalue weighted by Gasteiger charge is -2.20. The molecule has 1 aromatic rings. The second kappa shape index (κ2) is 7.01. The van der Waals surface area contributed by atoms with Crippen LogP contribution in [0.25, 0.3) is 0 Å². The first-order valence-electron chi connectivity index (χ1n) is 6.73. The molecule has 0 radical (unpaired) electrons. The molecular formula is C15H25ClN2. The van der Waals surface area contributed by atoms with Crippen LogP contribution in [0.4, 0.5) is 5.69 Å². The standard InChI is InChI=1S/C15H25ClN2/c1-6-18(7-2)9-8-17-15-12(4)10-11(3)14(16)13(15)5/h10,17H,6-9H2,1-5H3. The molecule has 0 saturated carbocycles. The molecule has 1 aromatic carbocycles. The van der Waals surface area contributed by atoms with E-state index in [1.54, 1.807) is 0 Å². The highest BCUT2D eigenvalue weighted by atomic mass is 35.5. The van der Waals surface area contributed by atoms with Crippen molar-refractivity contribution in [2.24, 2.45) is 0 Å². The molecule has 2 nitrogen and oxygen atoms in total. The molecule has 0 aliphatic rings. The van der Waals surface area contributed by atoms with Gasteiger partial charge >= 0.3 is 0 Å². The van der Waals surface area contributed by atoms with Crippen LogP contribution in [-0.4, -0.2) is 31.1 Å². The average molecular weight is 269 g/mol. The third-order valence-electron chi connectivity index (χ3n) is 3.50. The van der Waals surface area contributed by atoms with Gasteiger partial charge in [-0.05, 0) is 50.6 Å². The SMILES string of the molecule is CCN(CC)CCNc1c(C)cc(C)c(Cl)c1C. The number of nitrogens with one attached hydrogen (secondary N) is 1. The summed E-state index contributed by atoms with van der Waals surface area (Å²) < 4.78 is 0. The van der Waals surface area contributed by atoms with Crippen LogP contribution < -0.4 is 5.32 Å². The quantitative estimate of drug-likeness (QED) is 0.838. The molecule has 0 spiro atoms. The molecule has 0 unspecified atom stereocenters. The number of rotatable bonds is 6. The van der Waals surface area contributed by atoms with Crippen LogP contribution in [0, 0.1) is 20.8 Å². The van der Waals surface area contributed by atoms with Gasteiger partial charge in [-0.2, -0.15) is 0 Å². The van der Waals surface area contributed by atoms with Crippen LogP contribution in [0.5, 0.6) is 0 Å². The maximum Gasteiger partial charge on any atom is 0.0485 e. The van der Waals surface area contributed by atoms with Crippen LogP contribution in [-0.2, 0) is 0 Å². The third-order valence-corrected chi connectivity index (χ3v) is 4.08. The molecule has 3 heteroatoms. The summed E-state index contributed by atoms with van der Waals surface area (Å²) in [7, 11) is 0. The van der Waals surface area contributed by atoms with E-state index in [1.807, 2.05) is 0 Å². The fourth-order valence-corrected chi connectivity index (χ4v) is 2.46. The Morgan fingerprint density at radius 2 is 1.72 bits per heavy atom. The smallest absolute Gasteiger partial charge is 0.0485 e. The number of hydrogen-bond acceptors (Lipinski definition) is 2. The normalized spacial score (nSPS) is 11.1. The van der Waals surface area contributed by atoms with E-state index in [9.17, 15) is 0 Å². The maximum absolute atomic E-state index is 6.30. The molecular weight excluding hydrogens is 244 g/mol. The average Bonchev–Trinajstić information content (AvgIpc) is 2.35. The molecule has 0 saturated heterocycles. The number of halogens is 1. The predicted molar refractivity (Wildman–Crippen MR) is 81.9 cm³/mol. The van der Waals surface area contributed by atoms with E-state index in [-0.39, 0.29) is 0 Å². The summed E-state index contributed by atoms with van der Waals surface area (Å²) in [6.45, 7) is 14.9. The van der Waals surface area contributed by atoms with Crippen LogP contribution in [0.2, 0.25) is 5.02 Å². The third kappa shape index (κ3) is 3.63. The summed E-state index contributed by atoms with van der Waals surface area (Å²) in [5.74, 6) is 0. The molecule has 0 atom stereocenters. The Bertz CT molecular complexity index is 398. The minimum atomic E-state index is 0.880. The lowest BCUT2D eigenvalue weighted by Crippen LogP contribution is -2.28. The molecule has 0 heterocycles. The second-order valence-electron chi connectivity index (χ2n) is 4.78. The summed E-state index contributed by atoms with van der Waals surface area (Å²) in [4.78, 5) is 2.41. The van der Waals surface area contributed by atoms with Crippen LogP contribution in [0.15, 0.2) is 6.07 Å². The lowest BCUT2D eigenvalue weighted by molar-refractivity contribution is 0.316. The Morgan fingerprint density at radius 1 is 1.11 bits per heavy atom. The Kier molecular flexibility index (Phi) is 5.97. The van der Waals surface area contributed by atoms with Gasteiger partial charge < -0.3 is 10.2 Å². The summed E-state index contributed by atoms with van der Waals surface area (Å²) in [5, 5.41) is 4.40. The minimum Gasteiger partial charge on any atom is -0.383 e. The Balaban J connectivity index is 2.71. The van der Waals surface area contributed by atoms with E-state index in [2.05, 4.69) is 50.9 Å². The topological polar surface area (TPSA) is 15.3 Å². The van der Waals surface area contributed by atoms with Crippen molar-refractivity contribution in [3.05, 3.63) is 27.8 Å². The van der Waals surface area contributed by atoms with Gasteiger partial charge in [0.2, 0.25) is 0 Å². The molecule has 102 valence electrons. The van der Waals surface area contributed by atoms with E-state index >= 15 is 0 Å². The minimum absolute atomic E-state index is 0.880. The number of nitrogens with zero attached hydrogens (tertiary/aromatic N) is 1. The van der Waals surface area contributed by atoms with E-state index in [0.717, 1.165) is 42.3 Å². The van der Waals surface area contributed by atoms with Gasteiger partial charge in [-0.25, -0.2) is 0 Å². The molecule has 0 amide bonds. The number of benzene rings is 1.